The van der Waals surface area contributed by atoms with E-state index in [1.165, 1.54) is 0 Å². The molecule has 76 valence electrons. The van der Waals surface area contributed by atoms with Gasteiger partial charge in [0.2, 0.25) is 0 Å². The molecule has 2 heterocycles. The summed E-state index contributed by atoms with van der Waals surface area (Å²) in [7, 11) is 0. The molecule has 0 unspecified atom stereocenters. The van der Waals surface area contributed by atoms with Crippen molar-refractivity contribution in [3.8, 4) is 0 Å². The Morgan fingerprint density at radius 3 is 2.62 bits per heavy atom. The van der Waals surface area contributed by atoms with Crippen LogP contribution in [0.1, 0.15) is 47.0 Å². The quantitative estimate of drug-likeness (QED) is 0.624. The highest BCUT2D eigenvalue weighted by Crippen LogP contribution is 2.51. The number of rotatable bonds is 1. The molecule has 2 saturated heterocycles. The van der Waals surface area contributed by atoms with Crippen LogP contribution in [0, 0.1) is 5.92 Å². The lowest BCUT2D eigenvalue weighted by Crippen LogP contribution is -2.47. The van der Waals surface area contributed by atoms with Gasteiger partial charge in [0.15, 0.2) is 5.79 Å². The Balaban J connectivity index is 2.28. The van der Waals surface area contributed by atoms with Crippen molar-refractivity contribution in [2.45, 2.75) is 64.4 Å². The van der Waals surface area contributed by atoms with Gasteiger partial charge >= 0.3 is 0 Å². The van der Waals surface area contributed by atoms with Crippen molar-refractivity contribution in [2.75, 3.05) is 0 Å². The maximum absolute atomic E-state index is 6.08. The van der Waals surface area contributed by atoms with Gasteiger partial charge in [-0.3, -0.25) is 0 Å². The average Bonchev–Trinajstić information content (AvgIpc) is 2.18. The molecule has 0 aromatic carbocycles. The molecule has 13 heavy (non-hydrogen) atoms. The van der Waals surface area contributed by atoms with Gasteiger partial charge in [-0.2, -0.15) is 0 Å². The van der Waals surface area contributed by atoms with Gasteiger partial charge in [0.05, 0.1) is 11.7 Å². The second kappa shape index (κ2) is 2.71. The molecule has 2 aliphatic heterocycles. The van der Waals surface area contributed by atoms with Crippen LogP contribution < -0.4 is 0 Å². The van der Waals surface area contributed by atoms with Gasteiger partial charge in [0.25, 0.3) is 0 Å². The fourth-order valence-electron chi connectivity index (χ4n) is 3.12. The van der Waals surface area contributed by atoms with Crippen LogP contribution in [0.2, 0.25) is 0 Å². The van der Waals surface area contributed by atoms with Crippen LogP contribution in [0.4, 0.5) is 0 Å². The predicted octanol–water partition coefficient (Wildman–Crippen LogP) is 2.72. The zero-order valence-electron chi connectivity index (χ0n) is 9.09. The normalized spacial score (nSPS) is 55.4. The molecule has 0 saturated carbocycles. The molecule has 2 rings (SSSR count). The molecular formula is C11H20O2. The van der Waals surface area contributed by atoms with Crippen molar-refractivity contribution >= 4 is 0 Å². The Labute approximate surface area is 80.6 Å². The van der Waals surface area contributed by atoms with E-state index in [0.29, 0.717) is 12.0 Å². The first-order chi connectivity index (χ1) is 6.00. The Morgan fingerprint density at radius 1 is 1.31 bits per heavy atom. The largest absolute Gasteiger partial charge is 0.347 e. The highest BCUT2D eigenvalue weighted by atomic mass is 16.7. The van der Waals surface area contributed by atoms with Gasteiger partial charge in [-0.15, -0.1) is 0 Å². The second-order valence-corrected chi connectivity index (χ2v) is 4.96. The van der Waals surface area contributed by atoms with Crippen LogP contribution in [0.15, 0.2) is 0 Å². The van der Waals surface area contributed by atoms with Crippen LogP contribution in [-0.4, -0.2) is 17.5 Å². The Morgan fingerprint density at radius 2 is 2.00 bits per heavy atom. The molecule has 0 N–H and O–H groups in total. The van der Waals surface area contributed by atoms with E-state index in [4.69, 9.17) is 9.47 Å². The minimum Gasteiger partial charge on any atom is -0.347 e. The highest BCUT2D eigenvalue weighted by Gasteiger charge is 2.56. The Hall–Kier alpha value is -0.0800. The van der Waals surface area contributed by atoms with Crippen molar-refractivity contribution < 1.29 is 9.47 Å². The average molecular weight is 184 g/mol. The third kappa shape index (κ3) is 1.31. The zero-order valence-corrected chi connectivity index (χ0v) is 9.09. The van der Waals surface area contributed by atoms with Crippen LogP contribution in [-0.2, 0) is 9.47 Å². The van der Waals surface area contributed by atoms with Crippen LogP contribution >= 0.6 is 0 Å². The van der Waals surface area contributed by atoms with Gasteiger partial charge in [-0.25, -0.2) is 0 Å². The standard InChI is InChI=1S/C11H20O2/c1-5-11-8(2)6-10(4,13-11)7-9(3)12-11/h8-9H,5-7H2,1-4H3/t8-,9+,10+,11-/m1/s1. The van der Waals surface area contributed by atoms with Gasteiger partial charge in [-0.05, 0) is 26.7 Å². The SMILES string of the molecule is CC[C@]12O[C@@H](C)C[C@](C)(C[C@H]1C)O2. The summed E-state index contributed by atoms with van der Waals surface area (Å²) in [4.78, 5) is 0. The van der Waals surface area contributed by atoms with Crippen LogP contribution in [0.25, 0.3) is 0 Å². The first kappa shape index (κ1) is 9.47. The summed E-state index contributed by atoms with van der Waals surface area (Å²) in [5.74, 6) is 0.263. The van der Waals surface area contributed by atoms with E-state index in [-0.39, 0.29) is 11.4 Å². The summed E-state index contributed by atoms with van der Waals surface area (Å²) in [5.41, 5.74) is 0.0765. The van der Waals surface area contributed by atoms with Crippen molar-refractivity contribution in [2.24, 2.45) is 5.92 Å². The maximum atomic E-state index is 6.08. The van der Waals surface area contributed by atoms with E-state index in [2.05, 4.69) is 27.7 Å². The monoisotopic (exact) mass is 184 g/mol. The molecule has 2 fully saturated rings. The maximum Gasteiger partial charge on any atom is 0.171 e. The smallest absolute Gasteiger partial charge is 0.171 e. The Bertz CT molecular complexity index is 216. The number of hydrogen-bond donors (Lipinski definition) is 0. The minimum atomic E-state index is -0.271. The van der Waals surface area contributed by atoms with Crippen molar-refractivity contribution in [3.63, 3.8) is 0 Å². The lowest BCUT2D eigenvalue weighted by Gasteiger charge is -2.42. The Kier molecular flexibility index (Phi) is 1.97. The molecule has 0 aromatic heterocycles. The summed E-state index contributed by atoms with van der Waals surface area (Å²) in [6.45, 7) is 8.77. The van der Waals surface area contributed by atoms with E-state index in [9.17, 15) is 0 Å². The molecule has 2 bridgehead atoms. The third-order valence-corrected chi connectivity index (χ3v) is 3.52. The summed E-state index contributed by atoms with van der Waals surface area (Å²) in [5, 5.41) is 0. The van der Waals surface area contributed by atoms with E-state index in [0.717, 1.165) is 19.3 Å². The molecule has 0 spiro atoms. The highest BCUT2D eigenvalue weighted by molar-refractivity contribution is 4.98. The van der Waals surface area contributed by atoms with Crippen LogP contribution in [0.5, 0.6) is 0 Å². The number of ether oxygens (including phenoxy) is 2. The minimum absolute atomic E-state index is 0.0765. The van der Waals surface area contributed by atoms with Crippen molar-refractivity contribution in [1.82, 2.24) is 0 Å². The van der Waals surface area contributed by atoms with E-state index >= 15 is 0 Å². The van der Waals surface area contributed by atoms with Gasteiger partial charge in [0.1, 0.15) is 0 Å². The lowest BCUT2D eigenvalue weighted by molar-refractivity contribution is -0.318. The molecule has 2 heteroatoms. The van der Waals surface area contributed by atoms with E-state index in [1.807, 2.05) is 0 Å². The van der Waals surface area contributed by atoms with Crippen molar-refractivity contribution in [1.29, 1.82) is 0 Å². The first-order valence-electron chi connectivity index (χ1n) is 5.38. The lowest BCUT2D eigenvalue weighted by atomic mass is 9.90. The summed E-state index contributed by atoms with van der Waals surface area (Å²) < 4.78 is 12.1. The van der Waals surface area contributed by atoms with Crippen molar-refractivity contribution in [3.05, 3.63) is 0 Å². The molecular weight excluding hydrogens is 164 g/mol. The molecule has 2 aliphatic rings. The van der Waals surface area contributed by atoms with E-state index < -0.39 is 0 Å². The topological polar surface area (TPSA) is 18.5 Å². The van der Waals surface area contributed by atoms with E-state index in [1.54, 1.807) is 0 Å². The second-order valence-electron chi connectivity index (χ2n) is 4.96. The summed E-state index contributed by atoms with van der Waals surface area (Å²) in [6.07, 6.45) is 3.50. The zero-order chi connectivity index (χ0) is 9.69. The molecule has 0 aromatic rings. The molecule has 2 nitrogen and oxygen atoms in total. The summed E-state index contributed by atoms with van der Waals surface area (Å²) >= 11 is 0. The van der Waals surface area contributed by atoms with Gasteiger partial charge < -0.3 is 9.47 Å². The molecule has 4 atom stereocenters. The van der Waals surface area contributed by atoms with Gasteiger partial charge in [-0.1, -0.05) is 13.8 Å². The molecule has 0 radical (unpaired) electrons. The fraction of sp³-hybridized carbons (Fsp3) is 1.00. The number of fused-ring (bicyclic) bond motifs is 2. The summed E-state index contributed by atoms with van der Waals surface area (Å²) in [6, 6.07) is 0. The molecule has 0 amide bonds. The first-order valence-corrected chi connectivity index (χ1v) is 5.38. The van der Waals surface area contributed by atoms with Crippen LogP contribution in [0.3, 0.4) is 0 Å². The molecule has 0 aliphatic carbocycles. The predicted molar refractivity (Wildman–Crippen MR) is 51.5 cm³/mol. The number of hydrogen-bond acceptors (Lipinski definition) is 2. The van der Waals surface area contributed by atoms with Gasteiger partial charge in [0, 0.05) is 12.3 Å². The third-order valence-electron chi connectivity index (χ3n) is 3.52. The fourth-order valence-corrected chi connectivity index (χ4v) is 3.12.